The summed E-state index contributed by atoms with van der Waals surface area (Å²) in [6, 6.07) is 0. The molecule has 0 unspecified atom stereocenters. The van der Waals surface area contributed by atoms with Crippen molar-refractivity contribution < 1.29 is 0 Å². The van der Waals surface area contributed by atoms with E-state index >= 15 is 0 Å². The SMILES string of the molecule is CCCCCN([SiH2][SiH3])[SiH2][SiH3]. The number of rotatable bonds is 6. The smallest absolute Gasteiger partial charge is 0.0671 e. The molecule has 10 heavy (non-hydrogen) atoms. The zero-order chi connectivity index (χ0) is 7.82. The Kier molecular flexibility index (Phi) is 8.59. The third kappa shape index (κ3) is 5.60. The zero-order valence-electron chi connectivity index (χ0n) is 7.69. The van der Waals surface area contributed by atoms with Crippen molar-refractivity contribution in [1.29, 1.82) is 0 Å². The fourth-order valence-electron chi connectivity index (χ4n) is 1.13. The Balaban J connectivity index is 3.09. The van der Waals surface area contributed by atoms with Gasteiger partial charge in [0.25, 0.3) is 0 Å². The van der Waals surface area contributed by atoms with Crippen LogP contribution in [0.15, 0.2) is 0 Å². The van der Waals surface area contributed by atoms with Crippen molar-refractivity contribution in [2.24, 2.45) is 0 Å². The maximum atomic E-state index is 2.88. The second kappa shape index (κ2) is 7.93. The van der Waals surface area contributed by atoms with E-state index in [9.17, 15) is 0 Å². The minimum atomic E-state index is 0.369. The van der Waals surface area contributed by atoms with Gasteiger partial charge in [0.1, 0.15) is 0 Å². The van der Waals surface area contributed by atoms with Gasteiger partial charge in [-0.1, -0.05) is 19.8 Å². The van der Waals surface area contributed by atoms with E-state index in [1.807, 2.05) is 0 Å². The lowest BCUT2D eigenvalue weighted by Gasteiger charge is -2.17. The molecule has 0 radical (unpaired) electrons. The minimum Gasteiger partial charge on any atom is -0.360 e. The highest BCUT2D eigenvalue weighted by molar-refractivity contribution is 6.98. The quantitative estimate of drug-likeness (QED) is 0.336. The van der Waals surface area contributed by atoms with Crippen LogP contribution in [0, 0.1) is 0 Å². The first-order valence-electron chi connectivity index (χ1n) is 4.57. The van der Waals surface area contributed by atoms with Gasteiger partial charge in [-0.25, -0.2) is 0 Å². The van der Waals surface area contributed by atoms with Crippen molar-refractivity contribution in [3.8, 4) is 0 Å². The van der Waals surface area contributed by atoms with Crippen LogP contribution in [0.5, 0.6) is 0 Å². The van der Waals surface area contributed by atoms with Gasteiger partial charge in [-0.15, -0.1) is 0 Å². The van der Waals surface area contributed by atoms with Crippen molar-refractivity contribution in [3.63, 3.8) is 0 Å². The summed E-state index contributed by atoms with van der Waals surface area (Å²) in [7, 11) is 3.78. The molecule has 0 heterocycles. The molecule has 0 rings (SSSR count). The van der Waals surface area contributed by atoms with E-state index in [0.717, 1.165) is 0 Å². The summed E-state index contributed by atoms with van der Waals surface area (Å²) < 4.78 is 2.88. The van der Waals surface area contributed by atoms with Gasteiger partial charge in [0, 0.05) is 19.5 Å². The van der Waals surface area contributed by atoms with Gasteiger partial charge >= 0.3 is 0 Å². The highest BCUT2D eigenvalue weighted by atomic mass is 29.2. The van der Waals surface area contributed by atoms with Gasteiger partial charge in [-0.3, -0.25) is 0 Å². The summed E-state index contributed by atoms with van der Waals surface area (Å²) in [5, 5.41) is 0. The Morgan fingerprint density at radius 1 is 1.20 bits per heavy atom. The highest BCUT2D eigenvalue weighted by Gasteiger charge is 1.96. The van der Waals surface area contributed by atoms with Crippen LogP contribution in [0.4, 0.5) is 0 Å². The number of hydrogen-bond acceptors (Lipinski definition) is 1. The van der Waals surface area contributed by atoms with E-state index in [0.29, 0.717) is 18.4 Å². The van der Waals surface area contributed by atoms with Gasteiger partial charge in [0.05, 0.1) is 18.4 Å². The van der Waals surface area contributed by atoms with E-state index in [1.165, 1.54) is 45.3 Å². The summed E-state index contributed by atoms with van der Waals surface area (Å²) in [5.74, 6) is 0. The minimum absolute atomic E-state index is 0.369. The molecule has 0 saturated carbocycles. The third-order valence-corrected chi connectivity index (χ3v) is 17.8. The number of nitrogens with zero attached hydrogens (tertiary/aromatic N) is 1. The predicted octanol–water partition coefficient (Wildman–Crippen LogP) is -2.79. The summed E-state index contributed by atoms with van der Waals surface area (Å²) >= 11 is 0. The first-order valence-corrected chi connectivity index (χ1v) is 17.1. The molecule has 0 amide bonds. The van der Waals surface area contributed by atoms with Crippen molar-refractivity contribution in [1.82, 2.24) is 4.23 Å². The average molecular weight is 208 g/mol. The first kappa shape index (κ1) is 10.8. The molecule has 62 valence electrons. The molecule has 0 N–H and O–H groups in total. The fourth-order valence-corrected chi connectivity index (χ4v) is 22.0. The van der Waals surface area contributed by atoms with Gasteiger partial charge in [0.15, 0.2) is 0 Å². The maximum absolute atomic E-state index is 2.88. The lowest BCUT2D eigenvalue weighted by Crippen LogP contribution is -2.33. The Hall–Kier alpha value is 0.828. The Labute approximate surface area is 75.2 Å². The maximum Gasteiger partial charge on any atom is 0.0671 e. The Morgan fingerprint density at radius 3 is 2.20 bits per heavy atom. The third-order valence-electron chi connectivity index (χ3n) is 1.97. The van der Waals surface area contributed by atoms with Crippen LogP contribution in [0.2, 0.25) is 0 Å². The Morgan fingerprint density at radius 2 is 1.80 bits per heavy atom. The molecule has 0 atom stereocenters. The molecule has 0 aromatic carbocycles. The van der Waals surface area contributed by atoms with Crippen LogP contribution in [-0.2, 0) is 0 Å². The molecule has 0 fully saturated rings. The van der Waals surface area contributed by atoms with E-state index < -0.39 is 0 Å². The highest BCUT2D eigenvalue weighted by Crippen LogP contribution is 1.94. The van der Waals surface area contributed by atoms with E-state index in [2.05, 4.69) is 11.2 Å². The molecular formula is C5H21NSi4. The topological polar surface area (TPSA) is 3.24 Å². The lowest BCUT2D eigenvalue weighted by molar-refractivity contribution is 0.602. The summed E-state index contributed by atoms with van der Waals surface area (Å²) in [5.41, 5.74) is 0. The molecule has 0 aromatic heterocycles. The lowest BCUT2D eigenvalue weighted by atomic mass is 10.3. The van der Waals surface area contributed by atoms with Crippen molar-refractivity contribution in [2.45, 2.75) is 26.2 Å². The standard InChI is InChI=1S/C5H21NSi4/c1-2-3-4-5-6(9-7)10-8/h2-5,9-10H2,1,7-8H3. The van der Waals surface area contributed by atoms with Crippen LogP contribution < -0.4 is 0 Å². The van der Waals surface area contributed by atoms with Gasteiger partial charge in [0.2, 0.25) is 0 Å². The molecular weight excluding hydrogens is 186 g/mol. The zero-order valence-corrected chi connectivity index (χ0v) is 14.5. The molecule has 0 aliphatic heterocycles. The van der Waals surface area contributed by atoms with E-state index in [4.69, 9.17) is 0 Å². The Bertz CT molecular complexity index is 66.7. The van der Waals surface area contributed by atoms with Gasteiger partial charge in [-0.2, -0.15) is 0 Å². The molecule has 0 saturated heterocycles. The van der Waals surface area contributed by atoms with Crippen LogP contribution in [0.3, 0.4) is 0 Å². The molecule has 1 nitrogen and oxygen atoms in total. The molecule has 5 heteroatoms. The number of unbranched alkanes of at least 4 members (excludes halogenated alkanes) is 2. The second-order valence-electron chi connectivity index (χ2n) is 2.73. The first-order chi connectivity index (χ1) is 4.85. The molecule has 0 bridgehead atoms. The fraction of sp³-hybridized carbons (Fsp3) is 1.00. The molecule has 0 aliphatic rings. The number of hydrogen-bond donors (Lipinski definition) is 0. The molecule has 0 aliphatic carbocycles. The van der Waals surface area contributed by atoms with E-state index in [-0.39, 0.29) is 0 Å². The second-order valence-corrected chi connectivity index (χ2v) is 10.5. The normalized spacial score (nSPS) is 13.8. The van der Waals surface area contributed by atoms with Gasteiger partial charge < -0.3 is 4.23 Å². The van der Waals surface area contributed by atoms with Crippen LogP contribution >= 0.6 is 0 Å². The summed E-state index contributed by atoms with van der Waals surface area (Å²) in [6.45, 7) is 3.78. The largest absolute Gasteiger partial charge is 0.360 e. The van der Waals surface area contributed by atoms with Crippen LogP contribution in [-0.4, -0.2) is 48.7 Å². The van der Waals surface area contributed by atoms with E-state index in [1.54, 1.807) is 0 Å². The van der Waals surface area contributed by atoms with Crippen molar-refractivity contribution >= 4 is 37.9 Å². The van der Waals surface area contributed by atoms with Crippen LogP contribution in [0.1, 0.15) is 26.2 Å². The monoisotopic (exact) mass is 207 g/mol. The van der Waals surface area contributed by atoms with Crippen molar-refractivity contribution in [3.05, 3.63) is 0 Å². The molecule has 0 aromatic rings. The molecule has 0 spiro atoms. The summed E-state index contributed by atoms with van der Waals surface area (Å²) in [4.78, 5) is 0. The summed E-state index contributed by atoms with van der Waals surface area (Å²) in [6.07, 6.45) is 4.34. The van der Waals surface area contributed by atoms with Crippen LogP contribution in [0.25, 0.3) is 0 Å². The average Bonchev–Trinajstić information content (AvgIpc) is 1.99. The van der Waals surface area contributed by atoms with Gasteiger partial charge in [-0.05, 0) is 13.0 Å². The van der Waals surface area contributed by atoms with Crippen molar-refractivity contribution in [2.75, 3.05) is 6.54 Å². The predicted molar refractivity (Wildman–Crippen MR) is 63.2 cm³/mol.